The van der Waals surface area contributed by atoms with Gasteiger partial charge in [0.05, 0.1) is 17.5 Å². The van der Waals surface area contributed by atoms with Crippen LogP contribution in [0.5, 0.6) is 0 Å². The van der Waals surface area contributed by atoms with Gasteiger partial charge in [0.1, 0.15) is 6.29 Å². The molecule has 66 valence electrons. The predicted octanol–water partition coefficient (Wildman–Crippen LogP) is 1.38. The van der Waals surface area contributed by atoms with Crippen LogP contribution in [0.1, 0.15) is 11.4 Å². The Bertz CT molecular complexity index is 445. The Hall–Kier alpha value is -1.64. The Kier molecular flexibility index (Phi) is 1.85. The van der Waals surface area contributed by atoms with Crippen LogP contribution >= 0.6 is 0 Å². The zero-order valence-corrected chi connectivity index (χ0v) is 7.40. The standard InChI is InChI=1S/C10H10N2O/c1-8-3-2-4-10-9(5-6-13)11-7-12(8)10/h2-4,6-7H,5H2,1H3. The summed E-state index contributed by atoms with van der Waals surface area (Å²) in [5.41, 5.74) is 2.99. The SMILES string of the molecule is Cc1cccc2c(CC=O)ncn12. The fraction of sp³-hybridized carbons (Fsp3) is 0.200. The number of hydrogen-bond donors (Lipinski definition) is 0. The molecule has 0 saturated heterocycles. The molecule has 0 radical (unpaired) electrons. The van der Waals surface area contributed by atoms with Crippen molar-refractivity contribution in [2.45, 2.75) is 13.3 Å². The predicted molar refractivity (Wildman–Crippen MR) is 49.7 cm³/mol. The molecule has 2 aromatic heterocycles. The molecular formula is C10H10N2O. The van der Waals surface area contributed by atoms with Crippen molar-refractivity contribution in [3.8, 4) is 0 Å². The van der Waals surface area contributed by atoms with Gasteiger partial charge in [0.25, 0.3) is 0 Å². The highest BCUT2D eigenvalue weighted by atomic mass is 16.1. The fourth-order valence-electron chi connectivity index (χ4n) is 1.45. The molecule has 0 saturated carbocycles. The van der Waals surface area contributed by atoms with E-state index in [1.165, 1.54) is 0 Å². The van der Waals surface area contributed by atoms with Crippen LogP contribution in [0.2, 0.25) is 0 Å². The Morgan fingerprint density at radius 3 is 3.15 bits per heavy atom. The first kappa shape index (κ1) is 7.98. The van der Waals surface area contributed by atoms with E-state index in [4.69, 9.17) is 0 Å². The summed E-state index contributed by atoms with van der Waals surface area (Å²) in [6.45, 7) is 2.01. The van der Waals surface area contributed by atoms with Crippen LogP contribution < -0.4 is 0 Å². The Morgan fingerprint density at radius 1 is 1.54 bits per heavy atom. The van der Waals surface area contributed by atoms with E-state index in [2.05, 4.69) is 4.98 Å². The summed E-state index contributed by atoms with van der Waals surface area (Å²) in [4.78, 5) is 14.5. The topological polar surface area (TPSA) is 34.4 Å². The largest absolute Gasteiger partial charge is 0.303 e. The third-order valence-corrected chi connectivity index (χ3v) is 2.13. The third kappa shape index (κ3) is 1.22. The van der Waals surface area contributed by atoms with Crippen molar-refractivity contribution in [2.24, 2.45) is 0 Å². The number of imidazole rings is 1. The van der Waals surface area contributed by atoms with Gasteiger partial charge >= 0.3 is 0 Å². The first-order valence-electron chi connectivity index (χ1n) is 4.18. The summed E-state index contributed by atoms with van der Waals surface area (Å²) < 4.78 is 1.98. The lowest BCUT2D eigenvalue weighted by atomic mass is 10.2. The van der Waals surface area contributed by atoms with Crippen molar-refractivity contribution in [3.05, 3.63) is 35.9 Å². The number of carbonyl (C=O) groups is 1. The van der Waals surface area contributed by atoms with E-state index in [1.807, 2.05) is 29.5 Å². The second-order valence-corrected chi connectivity index (χ2v) is 2.98. The number of rotatable bonds is 2. The second-order valence-electron chi connectivity index (χ2n) is 2.98. The van der Waals surface area contributed by atoms with Gasteiger partial charge in [-0.2, -0.15) is 0 Å². The van der Waals surface area contributed by atoms with Crippen LogP contribution in [0, 0.1) is 6.92 Å². The summed E-state index contributed by atoms with van der Waals surface area (Å²) in [5, 5.41) is 0. The maximum atomic E-state index is 10.4. The maximum absolute atomic E-state index is 10.4. The van der Waals surface area contributed by atoms with Gasteiger partial charge in [0, 0.05) is 12.1 Å². The molecule has 0 spiro atoms. The second kappa shape index (κ2) is 3.01. The lowest BCUT2D eigenvalue weighted by Crippen LogP contribution is -1.90. The average molecular weight is 174 g/mol. The summed E-state index contributed by atoms with van der Waals surface area (Å²) in [5.74, 6) is 0. The van der Waals surface area contributed by atoms with E-state index in [9.17, 15) is 4.79 Å². The molecule has 0 N–H and O–H groups in total. The number of nitrogens with zero attached hydrogens (tertiary/aromatic N) is 2. The Morgan fingerprint density at radius 2 is 2.38 bits per heavy atom. The first-order chi connectivity index (χ1) is 6.33. The molecule has 0 fully saturated rings. The van der Waals surface area contributed by atoms with Gasteiger partial charge in [-0.25, -0.2) is 4.98 Å². The molecule has 0 unspecified atom stereocenters. The molecule has 0 atom stereocenters. The molecule has 13 heavy (non-hydrogen) atoms. The molecule has 0 aromatic carbocycles. The van der Waals surface area contributed by atoms with Gasteiger partial charge in [-0.15, -0.1) is 0 Å². The molecular weight excluding hydrogens is 164 g/mol. The number of aryl methyl sites for hydroxylation is 1. The molecule has 0 bridgehead atoms. The monoisotopic (exact) mass is 174 g/mol. The van der Waals surface area contributed by atoms with Crippen LogP contribution in [-0.4, -0.2) is 15.7 Å². The van der Waals surface area contributed by atoms with E-state index in [0.29, 0.717) is 6.42 Å². The normalized spacial score (nSPS) is 10.5. The van der Waals surface area contributed by atoms with Gasteiger partial charge in [-0.05, 0) is 19.1 Å². The van der Waals surface area contributed by atoms with E-state index in [-0.39, 0.29) is 0 Å². The van der Waals surface area contributed by atoms with Crippen molar-refractivity contribution in [3.63, 3.8) is 0 Å². The molecule has 2 rings (SSSR count). The molecule has 0 aliphatic carbocycles. The van der Waals surface area contributed by atoms with Crippen molar-refractivity contribution < 1.29 is 4.79 Å². The lowest BCUT2D eigenvalue weighted by Gasteiger charge is -1.98. The summed E-state index contributed by atoms with van der Waals surface area (Å²) in [7, 11) is 0. The number of aromatic nitrogens is 2. The van der Waals surface area contributed by atoms with Gasteiger partial charge in [0.2, 0.25) is 0 Å². The van der Waals surface area contributed by atoms with Crippen LogP contribution in [0.25, 0.3) is 5.52 Å². The van der Waals surface area contributed by atoms with Crippen LogP contribution in [0.4, 0.5) is 0 Å². The van der Waals surface area contributed by atoms with Crippen LogP contribution in [0.3, 0.4) is 0 Å². The number of aldehydes is 1. The van der Waals surface area contributed by atoms with Gasteiger partial charge in [-0.1, -0.05) is 6.07 Å². The lowest BCUT2D eigenvalue weighted by molar-refractivity contribution is -0.107. The number of hydrogen-bond acceptors (Lipinski definition) is 2. The quantitative estimate of drug-likeness (QED) is 0.645. The molecule has 2 aromatic rings. The highest BCUT2D eigenvalue weighted by Gasteiger charge is 2.03. The molecule has 0 aliphatic rings. The number of fused-ring (bicyclic) bond motifs is 1. The molecule has 3 heteroatoms. The zero-order chi connectivity index (χ0) is 9.26. The summed E-state index contributed by atoms with van der Waals surface area (Å²) >= 11 is 0. The molecule has 0 amide bonds. The van der Waals surface area contributed by atoms with Gasteiger partial charge in [-0.3, -0.25) is 0 Å². The average Bonchev–Trinajstić information content (AvgIpc) is 2.51. The number of pyridine rings is 1. The smallest absolute Gasteiger partial charge is 0.126 e. The van der Waals surface area contributed by atoms with E-state index in [1.54, 1.807) is 6.33 Å². The minimum absolute atomic E-state index is 0.389. The zero-order valence-electron chi connectivity index (χ0n) is 7.40. The Balaban J connectivity index is 2.67. The van der Waals surface area contributed by atoms with E-state index >= 15 is 0 Å². The highest BCUT2D eigenvalue weighted by molar-refractivity contribution is 5.63. The third-order valence-electron chi connectivity index (χ3n) is 2.13. The van der Waals surface area contributed by atoms with E-state index in [0.717, 1.165) is 23.2 Å². The minimum Gasteiger partial charge on any atom is -0.303 e. The van der Waals surface area contributed by atoms with Crippen molar-refractivity contribution >= 4 is 11.8 Å². The molecule has 2 heterocycles. The highest BCUT2D eigenvalue weighted by Crippen LogP contribution is 2.11. The van der Waals surface area contributed by atoms with Crippen molar-refractivity contribution in [1.82, 2.24) is 9.38 Å². The van der Waals surface area contributed by atoms with Crippen LogP contribution in [0.15, 0.2) is 24.5 Å². The fourth-order valence-corrected chi connectivity index (χ4v) is 1.45. The summed E-state index contributed by atoms with van der Waals surface area (Å²) in [6, 6.07) is 5.96. The van der Waals surface area contributed by atoms with Crippen molar-refractivity contribution in [2.75, 3.05) is 0 Å². The first-order valence-corrected chi connectivity index (χ1v) is 4.18. The minimum atomic E-state index is 0.389. The number of carbonyl (C=O) groups excluding carboxylic acids is 1. The molecule has 0 aliphatic heterocycles. The van der Waals surface area contributed by atoms with Gasteiger partial charge in [0.15, 0.2) is 0 Å². The molecule has 3 nitrogen and oxygen atoms in total. The van der Waals surface area contributed by atoms with Crippen LogP contribution in [-0.2, 0) is 11.2 Å². The Labute approximate surface area is 76.0 Å². The van der Waals surface area contributed by atoms with E-state index < -0.39 is 0 Å². The maximum Gasteiger partial charge on any atom is 0.126 e. The summed E-state index contributed by atoms with van der Waals surface area (Å²) in [6.07, 6.45) is 3.02. The van der Waals surface area contributed by atoms with Gasteiger partial charge < -0.3 is 9.20 Å². The van der Waals surface area contributed by atoms with Crippen molar-refractivity contribution in [1.29, 1.82) is 0 Å².